The molecule has 1 radical (unpaired) electrons. The van der Waals surface area contributed by atoms with Gasteiger partial charge in [0.25, 0.3) is 0 Å². The highest BCUT2D eigenvalue weighted by atomic mass is 15.2. The van der Waals surface area contributed by atoms with Crippen molar-refractivity contribution in [1.82, 2.24) is 14.8 Å². The number of piperidine rings is 2. The van der Waals surface area contributed by atoms with E-state index in [4.69, 9.17) is 5.32 Å². The van der Waals surface area contributed by atoms with Crippen molar-refractivity contribution in [1.29, 1.82) is 0 Å². The zero-order valence-electron chi connectivity index (χ0n) is 16.1. The van der Waals surface area contributed by atoms with Crippen molar-refractivity contribution in [2.45, 2.75) is 51.1 Å². The molecule has 1 aromatic carbocycles. The fraction of sp³-hybridized carbons (Fsp3) is 0.565. The summed E-state index contributed by atoms with van der Waals surface area (Å²) in [5, 5.41) is 4.84. The Kier molecular flexibility index (Phi) is 5.76. The average molecular weight is 351 g/mol. The third kappa shape index (κ3) is 4.21. The molecule has 1 aromatic heterocycles. The van der Waals surface area contributed by atoms with Crippen molar-refractivity contribution in [3.05, 3.63) is 59.4 Å². The molecule has 3 nitrogen and oxygen atoms in total. The predicted molar refractivity (Wildman–Crippen MR) is 107 cm³/mol. The zero-order valence-corrected chi connectivity index (χ0v) is 16.1. The van der Waals surface area contributed by atoms with Gasteiger partial charge in [-0.15, -0.1) is 0 Å². The molecule has 2 aromatic rings. The molecule has 0 aliphatic carbocycles. The van der Waals surface area contributed by atoms with Crippen molar-refractivity contribution in [3.8, 4) is 0 Å². The quantitative estimate of drug-likeness (QED) is 0.788. The van der Waals surface area contributed by atoms with Gasteiger partial charge in [-0.2, -0.15) is 0 Å². The summed E-state index contributed by atoms with van der Waals surface area (Å²) >= 11 is 0. The SMILES string of the molecule is Cn1c(CN2CCC(Cc3ccccc3)CC2)ccc1C1CCCC[N]1. The van der Waals surface area contributed by atoms with Crippen molar-refractivity contribution in [3.63, 3.8) is 0 Å². The van der Waals surface area contributed by atoms with Crippen LogP contribution < -0.4 is 5.32 Å². The molecule has 139 valence electrons. The number of likely N-dealkylation sites (tertiary alicyclic amines) is 1. The molecule has 1 atom stereocenters. The molecule has 0 bridgehead atoms. The molecule has 2 aliphatic heterocycles. The number of hydrogen-bond acceptors (Lipinski definition) is 1. The van der Waals surface area contributed by atoms with Gasteiger partial charge in [-0.3, -0.25) is 4.90 Å². The normalized spacial score (nSPS) is 22.6. The van der Waals surface area contributed by atoms with Gasteiger partial charge in [0.1, 0.15) is 0 Å². The lowest BCUT2D eigenvalue weighted by Crippen LogP contribution is -2.34. The van der Waals surface area contributed by atoms with Crippen molar-refractivity contribution >= 4 is 0 Å². The Morgan fingerprint density at radius 2 is 1.77 bits per heavy atom. The van der Waals surface area contributed by atoms with E-state index in [1.54, 1.807) is 0 Å². The summed E-state index contributed by atoms with van der Waals surface area (Å²) < 4.78 is 2.41. The van der Waals surface area contributed by atoms with E-state index in [1.165, 1.54) is 68.6 Å². The van der Waals surface area contributed by atoms with E-state index in [2.05, 4.69) is 59.0 Å². The second-order valence-electron chi connectivity index (χ2n) is 8.14. The van der Waals surface area contributed by atoms with E-state index in [0.29, 0.717) is 6.04 Å². The summed E-state index contributed by atoms with van der Waals surface area (Å²) in [6.07, 6.45) is 7.71. The lowest BCUT2D eigenvalue weighted by atomic mass is 9.90. The second-order valence-corrected chi connectivity index (χ2v) is 8.14. The Morgan fingerprint density at radius 1 is 0.962 bits per heavy atom. The molecule has 2 aliphatic rings. The lowest BCUT2D eigenvalue weighted by molar-refractivity contribution is 0.174. The van der Waals surface area contributed by atoms with Gasteiger partial charge in [-0.05, 0) is 68.8 Å². The Labute approximate surface area is 158 Å². The third-order valence-corrected chi connectivity index (χ3v) is 6.30. The Hall–Kier alpha value is -1.58. The van der Waals surface area contributed by atoms with Crippen LogP contribution in [0.4, 0.5) is 0 Å². The van der Waals surface area contributed by atoms with Crippen LogP contribution in [0.5, 0.6) is 0 Å². The highest BCUT2D eigenvalue weighted by molar-refractivity contribution is 5.20. The number of benzene rings is 1. The van der Waals surface area contributed by atoms with Crippen molar-refractivity contribution < 1.29 is 0 Å². The number of nitrogens with zero attached hydrogens (tertiary/aromatic N) is 3. The van der Waals surface area contributed by atoms with E-state index in [9.17, 15) is 0 Å². The molecule has 0 spiro atoms. The summed E-state index contributed by atoms with van der Waals surface area (Å²) in [4.78, 5) is 2.64. The minimum atomic E-state index is 0.430. The monoisotopic (exact) mass is 350 g/mol. The maximum atomic E-state index is 4.84. The highest BCUT2D eigenvalue weighted by Crippen LogP contribution is 2.27. The molecule has 3 heterocycles. The van der Waals surface area contributed by atoms with Crippen LogP contribution in [-0.2, 0) is 20.0 Å². The standard InChI is InChI=1S/C23H32N3/c1-25-21(10-11-23(25)22-9-5-6-14-24-22)18-26-15-12-20(13-16-26)17-19-7-3-2-4-8-19/h2-4,7-8,10-11,20,22H,5-6,9,12-18H2,1H3. The van der Waals surface area contributed by atoms with Crippen LogP contribution in [0.25, 0.3) is 0 Å². The first-order chi connectivity index (χ1) is 12.8. The minimum absolute atomic E-state index is 0.430. The molecular formula is C23H32N3. The van der Waals surface area contributed by atoms with Crippen LogP contribution in [0.15, 0.2) is 42.5 Å². The number of aromatic nitrogens is 1. The van der Waals surface area contributed by atoms with E-state index in [-0.39, 0.29) is 0 Å². The fourth-order valence-electron chi connectivity index (χ4n) is 4.62. The molecule has 0 N–H and O–H groups in total. The van der Waals surface area contributed by atoms with Gasteiger partial charge in [0.2, 0.25) is 0 Å². The molecule has 2 saturated heterocycles. The van der Waals surface area contributed by atoms with Crippen LogP contribution in [0, 0.1) is 5.92 Å². The number of rotatable bonds is 5. The Bertz CT molecular complexity index is 677. The topological polar surface area (TPSA) is 22.3 Å². The van der Waals surface area contributed by atoms with Gasteiger partial charge >= 0.3 is 0 Å². The molecule has 1 unspecified atom stereocenters. The van der Waals surface area contributed by atoms with Gasteiger partial charge in [0.15, 0.2) is 0 Å². The Morgan fingerprint density at radius 3 is 2.50 bits per heavy atom. The third-order valence-electron chi connectivity index (χ3n) is 6.30. The van der Waals surface area contributed by atoms with E-state index < -0.39 is 0 Å². The van der Waals surface area contributed by atoms with E-state index in [1.807, 2.05) is 0 Å². The average Bonchev–Trinajstić information content (AvgIpc) is 3.05. The molecular weight excluding hydrogens is 318 g/mol. The van der Waals surface area contributed by atoms with Crippen molar-refractivity contribution in [2.24, 2.45) is 13.0 Å². The highest BCUT2D eigenvalue weighted by Gasteiger charge is 2.23. The maximum absolute atomic E-state index is 4.84. The summed E-state index contributed by atoms with van der Waals surface area (Å²) in [6, 6.07) is 16.1. The van der Waals surface area contributed by atoms with Crippen molar-refractivity contribution in [2.75, 3.05) is 19.6 Å². The van der Waals surface area contributed by atoms with Gasteiger partial charge in [-0.25, -0.2) is 5.32 Å². The molecule has 2 fully saturated rings. The minimum Gasteiger partial charge on any atom is -0.349 e. The van der Waals surface area contributed by atoms with Crippen LogP contribution in [0.1, 0.15) is 55.1 Å². The zero-order chi connectivity index (χ0) is 17.8. The molecule has 3 heteroatoms. The molecule has 4 rings (SSSR count). The van der Waals surface area contributed by atoms with Gasteiger partial charge < -0.3 is 4.57 Å². The number of hydrogen-bond donors (Lipinski definition) is 0. The molecule has 26 heavy (non-hydrogen) atoms. The summed E-state index contributed by atoms with van der Waals surface area (Å²) in [7, 11) is 2.23. The van der Waals surface area contributed by atoms with Gasteiger partial charge in [0.05, 0.1) is 6.04 Å². The first kappa shape index (κ1) is 17.8. The van der Waals surface area contributed by atoms with E-state index in [0.717, 1.165) is 19.0 Å². The largest absolute Gasteiger partial charge is 0.349 e. The van der Waals surface area contributed by atoms with E-state index >= 15 is 0 Å². The van der Waals surface area contributed by atoms with Crippen LogP contribution in [0.3, 0.4) is 0 Å². The first-order valence-corrected chi connectivity index (χ1v) is 10.4. The summed E-state index contributed by atoms with van der Waals surface area (Å²) in [5.41, 5.74) is 4.36. The lowest BCUT2D eigenvalue weighted by Gasteiger charge is -2.32. The second kappa shape index (κ2) is 8.41. The summed E-state index contributed by atoms with van der Waals surface area (Å²) in [5.74, 6) is 0.846. The predicted octanol–water partition coefficient (Wildman–Crippen LogP) is 4.31. The molecule has 0 amide bonds. The van der Waals surface area contributed by atoms with Crippen LogP contribution in [-0.4, -0.2) is 29.1 Å². The Balaban J connectivity index is 1.30. The van der Waals surface area contributed by atoms with Crippen LogP contribution in [0.2, 0.25) is 0 Å². The maximum Gasteiger partial charge on any atom is 0.0647 e. The molecule has 0 saturated carbocycles. The fourth-order valence-corrected chi connectivity index (χ4v) is 4.62. The van der Waals surface area contributed by atoms with Gasteiger partial charge in [-0.1, -0.05) is 36.8 Å². The smallest absolute Gasteiger partial charge is 0.0647 e. The van der Waals surface area contributed by atoms with Gasteiger partial charge in [0, 0.05) is 31.5 Å². The first-order valence-electron chi connectivity index (χ1n) is 10.4. The van der Waals surface area contributed by atoms with Crippen LogP contribution >= 0.6 is 0 Å². The summed E-state index contributed by atoms with van der Waals surface area (Å²) in [6.45, 7) is 4.58.